The highest BCUT2D eigenvalue weighted by Crippen LogP contribution is 1.88. The number of hydrogen-bond acceptors (Lipinski definition) is 3. The van der Waals surface area contributed by atoms with Gasteiger partial charge in [0.1, 0.15) is 0 Å². The minimum Gasteiger partial charge on any atom is -0.750 e. The van der Waals surface area contributed by atoms with Gasteiger partial charge in [-0.3, -0.25) is 4.18 Å². The molecule has 0 rings (SSSR count). The molecule has 0 aromatic carbocycles. The summed E-state index contributed by atoms with van der Waals surface area (Å²) in [5, 5.41) is 0. The molecule has 0 aliphatic heterocycles. The fourth-order valence-corrected chi connectivity index (χ4v) is 0.637. The van der Waals surface area contributed by atoms with Gasteiger partial charge in [-0.1, -0.05) is 25.5 Å². The third-order valence-electron chi connectivity index (χ3n) is 0.882. The van der Waals surface area contributed by atoms with Gasteiger partial charge in [-0.15, -0.1) is 0 Å². The smallest absolute Gasteiger partial charge is 0.0845 e. The fourth-order valence-electron chi connectivity index (χ4n) is 0.447. The molecule has 0 spiro atoms. The van der Waals surface area contributed by atoms with Crippen LogP contribution in [0.15, 0.2) is 12.2 Å². The summed E-state index contributed by atoms with van der Waals surface area (Å²) in [6.45, 7) is 2.20. The predicted molar refractivity (Wildman–Crippen MR) is 38.9 cm³/mol. The quantitative estimate of drug-likeness (QED) is 0.451. The molecule has 0 aromatic rings. The molecule has 0 fully saturated rings. The maximum Gasteiger partial charge on any atom is 0.0845 e. The minimum absolute atomic E-state index is 0.149. The second-order valence-corrected chi connectivity index (χ2v) is 2.39. The van der Waals surface area contributed by atoms with Gasteiger partial charge in [0, 0.05) is 0 Å². The van der Waals surface area contributed by atoms with Crippen molar-refractivity contribution in [2.24, 2.45) is 0 Å². The van der Waals surface area contributed by atoms with Crippen molar-refractivity contribution < 1.29 is 12.9 Å². The molecule has 0 heterocycles. The molecule has 1 atom stereocenters. The van der Waals surface area contributed by atoms with E-state index in [0.717, 1.165) is 12.8 Å². The molecule has 0 N–H and O–H groups in total. The topological polar surface area (TPSA) is 49.4 Å². The van der Waals surface area contributed by atoms with Crippen molar-refractivity contribution in [2.75, 3.05) is 6.61 Å². The van der Waals surface area contributed by atoms with E-state index < -0.39 is 11.4 Å². The maximum absolute atomic E-state index is 9.78. The van der Waals surface area contributed by atoms with Crippen molar-refractivity contribution >= 4 is 11.4 Å². The summed E-state index contributed by atoms with van der Waals surface area (Å²) in [7, 11) is 0. The van der Waals surface area contributed by atoms with Crippen LogP contribution in [0.4, 0.5) is 0 Å². The van der Waals surface area contributed by atoms with Gasteiger partial charge in [-0.05, 0) is 6.42 Å². The Morgan fingerprint density at radius 3 is 2.80 bits per heavy atom. The van der Waals surface area contributed by atoms with Gasteiger partial charge in [0.15, 0.2) is 0 Å². The standard InChI is InChI=1S/C6H12O3S/c1-2-3-4-5-6-9-10(7)8/h4-5H,2-3,6H2,1H3,(H,7,8)/p-1. The Bertz CT molecular complexity index is 122. The average Bonchev–Trinajstić information content (AvgIpc) is 1.87. The van der Waals surface area contributed by atoms with Crippen molar-refractivity contribution in [3.05, 3.63) is 12.2 Å². The van der Waals surface area contributed by atoms with E-state index in [-0.39, 0.29) is 6.61 Å². The molecule has 4 heteroatoms. The van der Waals surface area contributed by atoms with Gasteiger partial charge in [0.05, 0.1) is 18.0 Å². The van der Waals surface area contributed by atoms with Gasteiger partial charge >= 0.3 is 0 Å². The second kappa shape index (κ2) is 6.92. The average molecular weight is 163 g/mol. The molecule has 0 aliphatic rings. The first-order valence-electron chi connectivity index (χ1n) is 3.15. The van der Waals surface area contributed by atoms with Crippen LogP contribution in [0.2, 0.25) is 0 Å². The lowest BCUT2D eigenvalue weighted by atomic mass is 10.3. The molecular formula is C6H11O3S-. The van der Waals surface area contributed by atoms with Crippen LogP contribution in [-0.4, -0.2) is 15.4 Å². The first-order valence-corrected chi connectivity index (χ1v) is 4.15. The van der Waals surface area contributed by atoms with Gasteiger partial charge in [-0.2, -0.15) is 0 Å². The van der Waals surface area contributed by atoms with Crippen LogP contribution < -0.4 is 0 Å². The highest BCUT2D eigenvalue weighted by atomic mass is 32.2. The van der Waals surface area contributed by atoms with Crippen LogP contribution in [-0.2, 0) is 15.5 Å². The van der Waals surface area contributed by atoms with Crippen molar-refractivity contribution in [3.8, 4) is 0 Å². The zero-order valence-electron chi connectivity index (χ0n) is 5.91. The number of allylic oxidation sites excluding steroid dienone is 1. The van der Waals surface area contributed by atoms with Gasteiger partial charge in [0.2, 0.25) is 0 Å². The summed E-state index contributed by atoms with van der Waals surface area (Å²) in [6, 6.07) is 0. The van der Waals surface area contributed by atoms with Crippen LogP contribution in [0.5, 0.6) is 0 Å². The molecule has 10 heavy (non-hydrogen) atoms. The van der Waals surface area contributed by atoms with Crippen LogP contribution in [0.3, 0.4) is 0 Å². The molecule has 1 unspecified atom stereocenters. The van der Waals surface area contributed by atoms with E-state index in [0.29, 0.717) is 0 Å². The van der Waals surface area contributed by atoms with E-state index in [2.05, 4.69) is 11.1 Å². The van der Waals surface area contributed by atoms with Crippen molar-refractivity contribution in [3.63, 3.8) is 0 Å². The maximum atomic E-state index is 9.78. The third-order valence-corrected chi connectivity index (χ3v) is 1.21. The van der Waals surface area contributed by atoms with Crippen LogP contribution in [0.1, 0.15) is 19.8 Å². The van der Waals surface area contributed by atoms with E-state index >= 15 is 0 Å². The first kappa shape index (κ1) is 9.81. The number of rotatable bonds is 5. The van der Waals surface area contributed by atoms with Crippen molar-refractivity contribution in [1.82, 2.24) is 0 Å². The Morgan fingerprint density at radius 2 is 2.30 bits per heavy atom. The molecule has 0 radical (unpaired) electrons. The van der Waals surface area contributed by atoms with Gasteiger partial charge in [0.25, 0.3) is 0 Å². The second-order valence-electron chi connectivity index (χ2n) is 1.75. The van der Waals surface area contributed by atoms with E-state index in [1.54, 1.807) is 6.08 Å². The molecule has 0 amide bonds. The van der Waals surface area contributed by atoms with E-state index in [1.165, 1.54) is 0 Å². The zero-order chi connectivity index (χ0) is 7.82. The molecule has 0 bridgehead atoms. The summed E-state index contributed by atoms with van der Waals surface area (Å²) in [4.78, 5) is 0. The molecular weight excluding hydrogens is 152 g/mol. The number of unbranched alkanes of at least 4 members (excludes halogenated alkanes) is 1. The fraction of sp³-hybridized carbons (Fsp3) is 0.667. The predicted octanol–water partition coefficient (Wildman–Crippen LogP) is 1.15. The monoisotopic (exact) mass is 163 g/mol. The van der Waals surface area contributed by atoms with Crippen molar-refractivity contribution in [2.45, 2.75) is 19.8 Å². The van der Waals surface area contributed by atoms with Gasteiger partial charge in [-0.25, -0.2) is 4.21 Å². The molecule has 0 aliphatic carbocycles. The molecule has 0 saturated heterocycles. The third kappa shape index (κ3) is 7.81. The van der Waals surface area contributed by atoms with Crippen LogP contribution in [0.25, 0.3) is 0 Å². The van der Waals surface area contributed by atoms with E-state index in [1.807, 2.05) is 6.08 Å². The SMILES string of the molecule is CCCC=CCOS(=O)[O-]. The summed E-state index contributed by atoms with van der Waals surface area (Å²) >= 11 is -2.37. The highest BCUT2D eigenvalue weighted by molar-refractivity contribution is 7.74. The van der Waals surface area contributed by atoms with Crippen molar-refractivity contribution in [1.29, 1.82) is 0 Å². The summed E-state index contributed by atoms with van der Waals surface area (Å²) in [6.07, 6.45) is 5.62. The largest absolute Gasteiger partial charge is 0.750 e. The Kier molecular flexibility index (Phi) is 6.79. The normalized spacial score (nSPS) is 14.2. The lowest BCUT2D eigenvalue weighted by Crippen LogP contribution is -1.94. The van der Waals surface area contributed by atoms with E-state index in [9.17, 15) is 8.76 Å². The van der Waals surface area contributed by atoms with E-state index in [4.69, 9.17) is 0 Å². The van der Waals surface area contributed by atoms with Crippen LogP contribution >= 0.6 is 0 Å². The summed E-state index contributed by atoms with van der Waals surface area (Å²) in [5.74, 6) is 0. The lowest BCUT2D eigenvalue weighted by molar-refractivity contribution is 0.334. The molecule has 60 valence electrons. The van der Waals surface area contributed by atoms with Gasteiger partial charge < -0.3 is 4.55 Å². The summed E-state index contributed by atoms with van der Waals surface area (Å²) in [5.41, 5.74) is 0. The lowest BCUT2D eigenvalue weighted by Gasteiger charge is -2.00. The molecule has 0 aromatic heterocycles. The zero-order valence-corrected chi connectivity index (χ0v) is 6.73. The van der Waals surface area contributed by atoms with Crippen LogP contribution in [0, 0.1) is 0 Å². The minimum atomic E-state index is -2.37. The Balaban J connectivity index is 3.10. The number of hydrogen-bond donors (Lipinski definition) is 0. The molecule has 0 saturated carbocycles. The first-order chi connectivity index (χ1) is 4.77. The molecule has 3 nitrogen and oxygen atoms in total. The Labute approximate surface area is 63.6 Å². The highest BCUT2D eigenvalue weighted by Gasteiger charge is 1.78. The Hall–Kier alpha value is -0.190. The summed E-state index contributed by atoms with van der Waals surface area (Å²) < 4.78 is 23.8. The Morgan fingerprint density at radius 1 is 1.60 bits per heavy atom.